The quantitative estimate of drug-likeness (QED) is 0.629. The van der Waals surface area contributed by atoms with Crippen molar-refractivity contribution in [2.24, 2.45) is 0 Å². The van der Waals surface area contributed by atoms with Gasteiger partial charge in [-0.25, -0.2) is 0 Å². The predicted molar refractivity (Wildman–Crippen MR) is 105 cm³/mol. The van der Waals surface area contributed by atoms with Gasteiger partial charge in [0.05, 0.1) is 0 Å². The molecular formula is C20H19BrN2O4. The summed E-state index contributed by atoms with van der Waals surface area (Å²) in [6.45, 7) is 1.41. The van der Waals surface area contributed by atoms with Crippen molar-refractivity contribution in [2.75, 3.05) is 18.4 Å². The van der Waals surface area contributed by atoms with Crippen molar-refractivity contribution in [3.8, 4) is 0 Å². The van der Waals surface area contributed by atoms with Crippen molar-refractivity contribution in [3.05, 3.63) is 52.6 Å². The van der Waals surface area contributed by atoms with Crippen LogP contribution in [0.4, 0.5) is 5.69 Å². The van der Waals surface area contributed by atoms with Gasteiger partial charge in [0.15, 0.2) is 10.4 Å². The largest absolute Gasteiger partial charge is 0.449 e. The van der Waals surface area contributed by atoms with Crippen LogP contribution in [0.2, 0.25) is 0 Å². The number of fused-ring (bicyclic) bond motifs is 1. The second-order valence-corrected chi connectivity index (χ2v) is 7.35. The smallest absolute Gasteiger partial charge is 0.291 e. The number of hydrogen-bond donors (Lipinski definition) is 1. The van der Waals surface area contributed by atoms with Gasteiger partial charge in [0.2, 0.25) is 5.76 Å². The molecule has 4 rings (SSSR count). The fraction of sp³-hybridized carbons (Fsp3) is 0.300. The number of amides is 2. The number of rotatable bonds is 3. The Kier molecular flexibility index (Phi) is 5.03. The third kappa shape index (κ3) is 3.64. The predicted octanol–water partition coefficient (Wildman–Crippen LogP) is 5.06. The van der Waals surface area contributed by atoms with Gasteiger partial charge in [0.1, 0.15) is 11.3 Å². The minimum Gasteiger partial charge on any atom is -0.449 e. The minimum absolute atomic E-state index is 0.153. The van der Waals surface area contributed by atoms with Crippen molar-refractivity contribution in [1.82, 2.24) is 4.90 Å². The third-order valence-corrected chi connectivity index (χ3v) is 5.14. The average molecular weight is 431 g/mol. The molecular weight excluding hydrogens is 412 g/mol. The highest BCUT2D eigenvalue weighted by Gasteiger charge is 2.27. The fourth-order valence-corrected chi connectivity index (χ4v) is 3.66. The summed E-state index contributed by atoms with van der Waals surface area (Å²) < 4.78 is 11.6. The van der Waals surface area contributed by atoms with E-state index in [2.05, 4.69) is 21.2 Å². The first-order valence-electron chi connectivity index (χ1n) is 9.01. The number of hydrogen-bond acceptors (Lipinski definition) is 4. The van der Waals surface area contributed by atoms with E-state index in [1.165, 1.54) is 0 Å². The lowest BCUT2D eigenvalue weighted by atomic mass is 10.2. The maximum absolute atomic E-state index is 13.1. The number of carbonyl (C=O) groups is 2. The Bertz CT molecular complexity index is 983. The van der Waals surface area contributed by atoms with Crippen LogP contribution in [0.5, 0.6) is 0 Å². The van der Waals surface area contributed by atoms with Crippen LogP contribution in [-0.2, 0) is 0 Å². The Balaban J connectivity index is 1.70. The Hall–Kier alpha value is -2.54. The van der Waals surface area contributed by atoms with E-state index in [1.807, 2.05) is 23.1 Å². The standard InChI is InChI=1S/C20H19BrN2O4/c21-16-10-9-15(26-16)19(24)22-17-13-7-3-4-8-14(13)27-18(17)20(25)23-11-5-1-2-6-12-23/h3-4,7-10H,1-2,5-6,11-12H2,(H,22,24). The zero-order chi connectivity index (χ0) is 18.8. The van der Waals surface area contributed by atoms with Crippen molar-refractivity contribution in [1.29, 1.82) is 0 Å². The van der Waals surface area contributed by atoms with Crippen molar-refractivity contribution >= 4 is 44.4 Å². The van der Waals surface area contributed by atoms with Gasteiger partial charge >= 0.3 is 0 Å². The van der Waals surface area contributed by atoms with Gasteiger partial charge in [-0.2, -0.15) is 0 Å². The molecule has 2 amide bonds. The first-order valence-corrected chi connectivity index (χ1v) is 9.80. The lowest BCUT2D eigenvalue weighted by Crippen LogP contribution is -2.32. The van der Waals surface area contributed by atoms with Crippen LogP contribution in [0, 0.1) is 0 Å². The number of para-hydroxylation sites is 1. The van der Waals surface area contributed by atoms with E-state index < -0.39 is 5.91 Å². The molecule has 3 heterocycles. The summed E-state index contributed by atoms with van der Waals surface area (Å²) in [5.41, 5.74) is 0.948. The molecule has 140 valence electrons. The minimum atomic E-state index is -0.433. The number of halogens is 1. The normalized spacial score (nSPS) is 14.9. The van der Waals surface area contributed by atoms with Crippen LogP contribution in [-0.4, -0.2) is 29.8 Å². The molecule has 27 heavy (non-hydrogen) atoms. The van der Waals surface area contributed by atoms with Gasteiger partial charge in [-0.15, -0.1) is 0 Å². The number of benzene rings is 1. The summed E-state index contributed by atoms with van der Waals surface area (Å²) in [5.74, 6) is -0.307. The Morgan fingerprint density at radius 1 is 0.963 bits per heavy atom. The van der Waals surface area contributed by atoms with E-state index in [1.54, 1.807) is 18.2 Å². The summed E-state index contributed by atoms with van der Waals surface area (Å²) in [6.07, 6.45) is 4.21. The first kappa shape index (κ1) is 17.9. The zero-order valence-electron chi connectivity index (χ0n) is 14.7. The Morgan fingerprint density at radius 2 is 1.70 bits per heavy atom. The molecule has 6 nitrogen and oxygen atoms in total. The average Bonchev–Trinajstić information content (AvgIpc) is 3.15. The number of nitrogens with one attached hydrogen (secondary N) is 1. The molecule has 0 atom stereocenters. The van der Waals surface area contributed by atoms with Gasteiger partial charge in [-0.1, -0.05) is 25.0 Å². The van der Waals surface area contributed by atoms with E-state index in [0.29, 0.717) is 34.4 Å². The summed E-state index contributed by atoms with van der Waals surface area (Å²) in [4.78, 5) is 27.5. The van der Waals surface area contributed by atoms with Crippen LogP contribution in [0.1, 0.15) is 46.8 Å². The van der Waals surface area contributed by atoms with Gasteiger partial charge in [-0.3, -0.25) is 9.59 Å². The summed E-state index contributed by atoms with van der Waals surface area (Å²) >= 11 is 3.19. The molecule has 1 aromatic carbocycles. The van der Waals surface area contributed by atoms with E-state index in [9.17, 15) is 9.59 Å². The number of carbonyl (C=O) groups excluding carboxylic acids is 2. The molecule has 1 saturated heterocycles. The number of likely N-dealkylation sites (tertiary alicyclic amines) is 1. The summed E-state index contributed by atoms with van der Waals surface area (Å²) in [5, 5.41) is 3.49. The molecule has 0 radical (unpaired) electrons. The molecule has 0 bridgehead atoms. The zero-order valence-corrected chi connectivity index (χ0v) is 16.3. The lowest BCUT2D eigenvalue weighted by molar-refractivity contribution is 0.0733. The summed E-state index contributed by atoms with van der Waals surface area (Å²) in [6, 6.07) is 10.5. The van der Waals surface area contributed by atoms with Crippen LogP contribution in [0.3, 0.4) is 0 Å². The molecule has 7 heteroatoms. The number of anilines is 1. The number of furan rings is 2. The van der Waals surface area contributed by atoms with Crippen molar-refractivity contribution < 1.29 is 18.4 Å². The van der Waals surface area contributed by atoms with Crippen molar-refractivity contribution in [3.63, 3.8) is 0 Å². The molecule has 0 spiro atoms. The monoisotopic (exact) mass is 430 g/mol. The second kappa shape index (κ2) is 7.60. The van der Waals surface area contributed by atoms with Crippen molar-refractivity contribution in [2.45, 2.75) is 25.7 Å². The summed E-state index contributed by atoms with van der Waals surface area (Å²) in [7, 11) is 0. The molecule has 0 saturated carbocycles. The van der Waals surface area contributed by atoms with Gasteiger partial charge < -0.3 is 19.1 Å². The second-order valence-electron chi connectivity index (χ2n) is 6.57. The highest BCUT2D eigenvalue weighted by atomic mass is 79.9. The molecule has 1 aliphatic rings. The van der Waals surface area contributed by atoms with E-state index in [0.717, 1.165) is 25.7 Å². The fourth-order valence-electron chi connectivity index (χ4n) is 3.35. The molecule has 0 unspecified atom stereocenters. The highest BCUT2D eigenvalue weighted by molar-refractivity contribution is 9.10. The first-order chi connectivity index (χ1) is 13.1. The van der Waals surface area contributed by atoms with Crippen LogP contribution >= 0.6 is 15.9 Å². The number of nitrogens with zero attached hydrogens (tertiary/aromatic N) is 1. The topological polar surface area (TPSA) is 75.7 Å². The lowest BCUT2D eigenvalue weighted by Gasteiger charge is -2.19. The molecule has 3 aromatic rings. The SMILES string of the molecule is O=C(Nc1c(C(=O)N2CCCCCC2)oc2ccccc12)c1ccc(Br)o1. The molecule has 1 aliphatic heterocycles. The van der Waals surface area contributed by atoms with Gasteiger partial charge in [0, 0.05) is 18.5 Å². The van der Waals surface area contributed by atoms with Crippen LogP contribution in [0.15, 0.2) is 49.9 Å². The molecule has 1 fully saturated rings. The van der Waals surface area contributed by atoms with Crippen LogP contribution in [0.25, 0.3) is 11.0 Å². The van der Waals surface area contributed by atoms with E-state index in [4.69, 9.17) is 8.83 Å². The Morgan fingerprint density at radius 3 is 2.41 bits per heavy atom. The molecule has 2 aromatic heterocycles. The molecule has 0 aliphatic carbocycles. The van der Waals surface area contributed by atoms with E-state index >= 15 is 0 Å². The van der Waals surface area contributed by atoms with Crippen LogP contribution < -0.4 is 5.32 Å². The maximum Gasteiger partial charge on any atom is 0.291 e. The van der Waals surface area contributed by atoms with Gasteiger partial charge in [0.25, 0.3) is 11.8 Å². The highest BCUT2D eigenvalue weighted by Crippen LogP contribution is 2.33. The molecule has 1 N–H and O–H groups in total. The third-order valence-electron chi connectivity index (χ3n) is 4.72. The van der Waals surface area contributed by atoms with E-state index in [-0.39, 0.29) is 17.4 Å². The Labute approximate surface area is 164 Å². The van der Waals surface area contributed by atoms with Gasteiger partial charge in [-0.05, 0) is 53.0 Å². The maximum atomic E-state index is 13.1.